The first-order valence-corrected chi connectivity index (χ1v) is 5.96. The molecule has 2 heteroatoms. The first-order chi connectivity index (χ1) is 5.24. The van der Waals surface area contributed by atoms with Crippen LogP contribution in [-0.2, 0) is 0 Å². The van der Waals surface area contributed by atoms with Crippen LogP contribution in [-0.4, -0.2) is 19.6 Å². The number of benzene rings is 1. The molecule has 1 aromatic carbocycles. The molecular weight excluding hydrogens is 203 g/mol. The van der Waals surface area contributed by atoms with E-state index in [4.69, 9.17) is 0 Å². The van der Waals surface area contributed by atoms with E-state index in [9.17, 15) is 4.79 Å². The van der Waals surface area contributed by atoms with Crippen LogP contribution in [0.25, 0.3) is 0 Å². The Hall–Kier alpha value is -0.591. The average Bonchev–Trinajstić information content (AvgIpc) is 2.05. The Kier molecular flexibility index (Phi) is 2.86. The van der Waals surface area contributed by atoms with E-state index in [1.54, 1.807) is 0 Å². The summed E-state index contributed by atoms with van der Waals surface area (Å²) in [6, 6.07) is 7.73. The van der Waals surface area contributed by atoms with Crippen molar-refractivity contribution in [2.45, 2.75) is 12.7 Å². The molecule has 0 bridgehead atoms. The maximum atomic E-state index is 11.2. The predicted octanol–water partition coefficient (Wildman–Crippen LogP) is 1.89. The molecule has 0 aliphatic carbocycles. The standard InChI is InChI=1S/C9H10OSe/c1-7-3-5-8(6-4-7)9(10)11-2/h3-6H,1-2H3. The van der Waals surface area contributed by atoms with Gasteiger partial charge in [0, 0.05) is 0 Å². The zero-order valence-corrected chi connectivity index (χ0v) is 8.34. The van der Waals surface area contributed by atoms with Gasteiger partial charge in [0.1, 0.15) is 0 Å². The molecule has 0 aliphatic heterocycles. The third kappa shape index (κ3) is 2.18. The molecule has 0 saturated heterocycles. The molecule has 0 fully saturated rings. The number of rotatable bonds is 2. The fourth-order valence-electron chi connectivity index (χ4n) is 0.807. The number of aryl methyl sites for hydroxylation is 1. The Balaban J connectivity index is 2.90. The van der Waals surface area contributed by atoms with Crippen LogP contribution in [0.5, 0.6) is 0 Å². The summed E-state index contributed by atoms with van der Waals surface area (Å²) in [7, 11) is 0. The van der Waals surface area contributed by atoms with Gasteiger partial charge < -0.3 is 0 Å². The molecule has 0 aromatic heterocycles. The number of carbonyl (C=O) groups is 1. The van der Waals surface area contributed by atoms with Crippen molar-refractivity contribution < 1.29 is 4.79 Å². The van der Waals surface area contributed by atoms with E-state index in [0.717, 1.165) is 5.56 Å². The van der Waals surface area contributed by atoms with Gasteiger partial charge in [-0.05, 0) is 0 Å². The van der Waals surface area contributed by atoms with E-state index in [0.29, 0.717) is 0 Å². The quantitative estimate of drug-likeness (QED) is 0.685. The van der Waals surface area contributed by atoms with E-state index < -0.39 is 0 Å². The second-order valence-electron chi connectivity index (χ2n) is 2.36. The molecule has 0 heterocycles. The molecule has 0 spiro atoms. The van der Waals surface area contributed by atoms with Crippen molar-refractivity contribution in [3.8, 4) is 0 Å². The molecule has 1 nitrogen and oxygen atoms in total. The van der Waals surface area contributed by atoms with Crippen LogP contribution in [0.2, 0.25) is 5.82 Å². The summed E-state index contributed by atoms with van der Waals surface area (Å²) < 4.78 is 0.275. The van der Waals surface area contributed by atoms with Gasteiger partial charge in [-0.3, -0.25) is 0 Å². The molecular formula is C9H10OSe. The van der Waals surface area contributed by atoms with Gasteiger partial charge in [-0.1, -0.05) is 0 Å². The molecule has 11 heavy (non-hydrogen) atoms. The Morgan fingerprint density at radius 1 is 1.27 bits per heavy atom. The summed E-state index contributed by atoms with van der Waals surface area (Å²) in [5, 5.41) is 0. The molecule has 58 valence electrons. The number of hydrogen-bond donors (Lipinski definition) is 0. The third-order valence-electron chi connectivity index (χ3n) is 1.47. The van der Waals surface area contributed by atoms with Crippen molar-refractivity contribution in [3.63, 3.8) is 0 Å². The summed E-state index contributed by atoms with van der Waals surface area (Å²) in [6.45, 7) is 2.02. The van der Waals surface area contributed by atoms with Crippen LogP contribution in [0.15, 0.2) is 24.3 Å². The van der Waals surface area contributed by atoms with Gasteiger partial charge in [-0.25, -0.2) is 0 Å². The molecule has 1 aromatic rings. The van der Waals surface area contributed by atoms with Crippen LogP contribution >= 0.6 is 0 Å². The van der Waals surface area contributed by atoms with E-state index in [1.165, 1.54) is 5.56 Å². The van der Waals surface area contributed by atoms with Crippen molar-refractivity contribution in [2.75, 3.05) is 0 Å². The topological polar surface area (TPSA) is 17.1 Å². The first-order valence-electron chi connectivity index (χ1n) is 3.39. The normalized spacial score (nSPS) is 9.64. The third-order valence-corrected chi connectivity index (χ3v) is 2.75. The van der Waals surface area contributed by atoms with Gasteiger partial charge in [0.05, 0.1) is 0 Å². The van der Waals surface area contributed by atoms with Gasteiger partial charge in [-0.2, -0.15) is 0 Å². The van der Waals surface area contributed by atoms with Crippen LogP contribution in [0.1, 0.15) is 15.9 Å². The zero-order chi connectivity index (χ0) is 8.27. The van der Waals surface area contributed by atoms with E-state index in [-0.39, 0.29) is 19.6 Å². The molecule has 1 rings (SSSR count). The van der Waals surface area contributed by atoms with Crippen LogP contribution in [0.4, 0.5) is 0 Å². The summed E-state index contributed by atoms with van der Waals surface area (Å²) in [5.74, 6) is 1.94. The fraction of sp³-hybridized carbons (Fsp3) is 0.222. The minimum atomic E-state index is 0.0925. The van der Waals surface area contributed by atoms with Crippen molar-refractivity contribution >= 4 is 19.6 Å². The Labute approximate surface area is 73.0 Å². The van der Waals surface area contributed by atoms with Gasteiger partial charge in [0.15, 0.2) is 0 Å². The van der Waals surface area contributed by atoms with E-state index in [1.807, 2.05) is 37.0 Å². The maximum absolute atomic E-state index is 11.2. The molecule has 0 atom stereocenters. The second kappa shape index (κ2) is 3.70. The van der Waals surface area contributed by atoms with Gasteiger partial charge in [-0.15, -0.1) is 0 Å². The Morgan fingerprint density at radius 3 is 2.27 bits per heavy atom. The van der Waals surface area contributed by atoms with Crippen molar-refractivity contribution in [3.05, 3.63) is 35.4 Å². The van der Waals surface area contributed by atoms with Crippen molar-refractivity contribution in [2.24, 2.45) is 0 Å². The Morgan fingerprint density at radius 2 is 1.82 bits per heavy atom. The van der Waals surface area contributed by atoms with E-state index >= 15 is 0 Å². The fourth-order valence-corrected chi connectivity index (χ4v) is 1.59. The summed E-state index contributed by atoms with van der Waals surface area (Å²) >= 11 is 0.0925. The van der Waals surface area contributed by atoms with Crippen molar-refractivity contribution in [1.29, 1.82) is 0 Å². The number of carbonyl (C=O) groups excluding carboxylic acids is 1. The molecule has 0 unspecified atom stereocenters. The van der Waals surface area contributed by atoms with Crippen molar-refractivity contribution in [1.82, 2.24) is 0 Å². The van der Waals surface area contributed by atoms with Gasteiger partial charge in [0.25, 0.3) is 0 Å². The first kappa shape index (κ1) is 8.51. The SMILES string of the molecule is C[Se]C(=O)c1ccc(C)cc1. The summed E-state index contributed by atoms with van der Waals surface area (Å²) in [6.07, 6.45) is 0. The molecule has 0 aliphatic rings. The molecule has 0 N–H and O–H groups in total. The monoisotopic (exact) mass is 214 g/mol. The van der Waals surface area contributed by atoms with Crippen LogP contribution in [0.3, 0.4) is 0 Å². The summed E-state index contributed by atoms with van der Waals surface area (Å²) in [4.78, 5) is 11.2. The minimum absolute atomic E-state index is 0.0925. The molecule has 0 saturated carbocycles. The van der Waals surface area contributed by atoms with Gasteiger partial charge in [0.2, 0.25) is 0 Å². The predicted molar refractivity (Wildman–Crippen MR) is 47.1 cm³/mol. The molecule has 0 amide bonds. The van der Waals surface area contributed by atoms with E-state index in [2.05, 4.69) is 0 Å². The zero-order valence-electron chi connectivity index (χ0n) is 6.63. The Bertz CT molecular complexity index is 251. The second-order valence-corrected chi connectivity index (χ2v) is 3.99. The molecule has 0 radical (unpaired) electrons. The number of hydrogen-bond acceptors (Lipinski definition) is 1. The van der Waals surface area contributed by atoms with Gasteiger partial charge >= 0.3 is 72.6 Å². The average molecular weight is 213 g/mol. The summed E-state index contributed by atoms with van der Waals surface area (Å²) in [5.41, 5.74) is 2.04. The van der Waals surface area contributed by atoms with Crippen LogP contribution < -0.4 is 0 Å². The van der Waals surface area contributed by atoms with Crippen LogP contribution in [0, 0.1) is 6.92 Å².